The molecule has 8 heteroatoms. The largest absolute Gasteiger partial charge is 0.497 e. The molecule has 0 unspecified atom stereocenters. The minimum atomic E-state index is -4.00. The fourth-order valence-electron chi connectivity index (χ4n) is 3.36. The number of carbonyl (C=O) groups is 1. The molecule has 1 amide bonds. The molecule has 1 N–H and O–H groups in total. The van der Waals surface area contributed by atoms with Crippen LogP contribution in [0.1, 0.15) is 16.7 Å². The van der Waals surface area contributed by atoms with Gasteiger partial charge < -0.3 is 14.8 Å². The summed E-state index contributed by atoms with van der Waals surface area (Å²) in [6.45, 7) is 5.22. The molecule has 0 spiro atoms. The Labute approximate surface area is 195 Å². The molecule has 0 bridgehead atoms. The van der Waals surface area contributed by atoms with Crippen LogP contribution in [0.5, 0.6) is 11.5 Å². The summed E-state index contributed by atoms with van der Waals surface area (Å²) in [5, 5.41) is 2.75. The first-order chi connectivity index (χ1) is 15.7. The summed E-state index contributed by atoms with van der Waals surface area (Å²) in [6.07, 6.45) is 0. The van der Waals surface area contributed by atoms with Crippen molar-refractivity contribution in [1.82, 2.24) is 0 Å². The fraction of sp³-hybridized carbons (Fsp3) is 0.240. The van der Waals surface area contributed by atoms with Gasteiger partial charge in [0.2, 0.25) is 5.91 Å². The second kappa shape index (κ2) is 9.95. The van der Waals surface area contributed by atoms with E-state index in [0.29, 0.717) is 22.9 Å². The molecule has 0 aliphatic carbocycles. The lowest BCUT2D eigenvalue weighted by Crippen LogP contribution is -2.38. The summed E-state index contributed by atoms with van der Waals surface area (Å²) in [5.74, 6) is 0.473. The summed E-state index contributed by atoms with van der Waals surface area (Å²) in [7, 11) is -0.989. The van der Waals surface area contributed by atoms with E-state index in [4.69, 9.17) is 9.47 Å². The third-order valence-corrected chi connectivity index (χ3v) is 7.20. The summed E-state index contributed by atoms with van der Waals surface area (Å²) < 4.78 is 38.9. The Kier molecular flexibility index (Phi) is 7.28. The number of rotatable bonds is 8. The number of hydrogen-bond donors (Lipinski definition) is 1. The lowest BCUT2D eigenvalue weighted by atomic mass is 10.1. The van der Waals surface area contributed by atoms with Gasteiger partial charge in [-0.3, -0.25) is 9.10 Å². The number of sulfonamides is 1. The van der Waals surface area contributed by atoms with E-state index in [2.05, 4.69) is 5.32 Å². The molecule has 174 valence electrons. The monoisotopic (exact) mass is 468 g/mol. The zero-order valence-electron chi connectivity index (χ0n) is 19.4. The number of nitrogens with one attached hydrogen (secondary N) is 1. The summed E-state index contributed by atoms with van der Waals surface area (Å²) in [6, 6.07) is 16.9. The number of amides is 1. The van der Waals surface area contributed by atoms with E-state index in [-0.39, 0.29) is 4.90 Å². The van der Waals surface area contributed by atoms with Crippen LogP contribution < -0.4 is 19.1 Å². The molecule has 0 aromatic heterocycles. The minimum Gasteiger partial charge on any atom is -0.497 e. The van der Waals surface area contributed by atoms with Gasteiger partial charge in [0.25, 0.3) is 10.0 Å². The molecule has 0 aliphatic heterocycles. The van der Waals surface area contributed by atoms with Crippen LogP contribution in [0.2, 0.25) is 0 Å². The first kappa shape index (κ1) is 24.1. The third kappa shape index (κ3) is 5.28. The quantitative estimate of drug-likeness (QED) is 0.528. The first-order valence-corrected chi connectivity index (χ1v) is 11.8. The van der Waals surface area contributed by atoms with Crippen molar-refractivity contribution in [2.45, 2.75) is 25.7 Å². The number of hydrogen-bond acceptors (Lipinski definition) is 5. The Bertz CT molecular complexity index is 1250. The molecule has 3 aromatic carbocycles. The number of carbonyl (C=O) groups excluding carboxylic acids is 1. The van der Waals surface area contributed by atoms with Crippen LogP contribution in [0, 0.1) is 20.8 Å². The standard InChI is InChI=1S/C25H28N2O5S/c1-17-9-12-21(13-10-17)33(29,30)27(23-8-6-7-18(2)19(23)3)16-25(28)26-22-14-11-20(31-4)15-24(22)32-5/h6-15H,16H2,1-5H3,(H,26,28). The molecule has 0 fully saturated rings. The molecule has 0 saturated heterocycles. The van der Waals surface area contributed by atoms with Gasteiger partial charge in [0.1, 0.15) is 18.0 Å². The molecule has 0 aliphatic rings. The Balaban J connectivity index is 1.99. The number of ether oxygens (including phenoxy) is 2. The van der Waals surface area contributed by atoms with Crippen molar-refractivity contribution in [2.75, 3.05) is 30.4 Å². The van der Waals surface area contributed by atoms with E-state index >= 15 is 0 Å². The van der Waals surface area contributed by atoms with Gasteiger partial charge in [0.15, 0.2) is 0 Å². The normalized spacial score (nSPS) is 11.1. The van der Waals surface area contributed by atoms with Gasteiger partial charge in [-0.1, -0.05) is 29.8 Å². The van der Waals surface area contributed by atoms with Gasteiger partial charge in [0, 0.05) is 6.07 Å². The van der Waals surface area contributed by atoms with Crippen molar-refractivity contribution in [1.29, 1.82) is 0 Å². The van der Waals surface area contributed by atoms with Crippen molar-refractivity contribution >= 4 is 27.3 Å². The van der Waals surface area contributed by atoms with Crippen molar-refractivity contribution in [2.24, 2.45) is 0 Å². The van der Waals surface area contributed by atoms with Crippen LogP contribution in [0.3, 0.4) is 0 Å². The highest BCUT2D eigenvalue weighted by Gasteiger charge is 2.29. The van der Waals surface area contributed by atoms with Gasteiger partial charge in [-0.25, -0.2) is 8.42 Å². The van der Waals surface area contributed by atoms with Gasteiger partial charge in [-0.15, -0.1) is 0 Å². The molecule has 0 atom stereocenters. The maximum atomic E-state index is 13.6. The summed E-state index contributed by atoms with van der Waals surface area (Å²) in [4.78, 5) is 13.2. The average molecular weight is 469 g/mol. The Morgan fingerprint density at radius 2 is 1.64 bits per heavy atom. The lowest BCUT2D eigenvalue weighted by Gasteiger charge is -2.26. The van der Waals surface area contributed by atoms with Gasteiger partial charge in [-0.2, -0.15) is 0 Å². The van der Waals surface area contributed by atoms with Crippen molar-refractivity contribution in [3.63, 3.8) is 0 Å². The second-order valence-corrected chi connectivity index (χ2v) is 9.52. The van der Waals surface area contributed by atoms with Crippen LogP contribution in [-0.2, 0) is 14.8 Å². The van der Waals surface area contributed by atoms with Crippen LogP contribution >= 0.6 is 0 Å². The SMILES string of the molecule is COc1ccc(NC(=O)CN(c2cccc(C)c2C)S(=O)(=O)c2ccc(C)cc2)c(OC)c1. The van der Waals surface area contributed by atoms with Gasteiger partial charge >= 0.3 is 0 Å². The highest BCUT2D eigenvalue weighted by molar-refractivity contribution is 7.92. The summed E-state index contributed by atoms with van der Waals surface area (Å²) in [5.41, 5.74) is 3.51. The van der Waals surface area contributed by atoms with E-state index < -0.39 is 22.5 Å². The molecule has 33 heavy (non-hydrogen) atoms. The zero-order chi connectivity index (χ0) is 24.2. The molecule has 0 radical (unpaired) electrons. The molecular weight excluding hydrogens is 440 g/mol. The highest BCUT2D eigenvalue weighted by Crippen LogP contribution is 2.31. The van der Waals surface area contributed by atoms with Crippen LogP contribution in [0.25, 0.3) is 0 Å². The number of anilines is 2. The number of aryl methyl sites for hydroxylation is 2. The van der Waals surface area contributed by atoms with E-state index in [1.807, 2.05) is 26.8 Å². The minimum absolute atomic E-state index is 0.115. The Morgan fingerprint density at radius 3 is 2.27 bits per heavy atom. The summed E-state index contributed by atoms with van der Waals surface area (Å²) >= 11 is 0. The maximum absolute atomic E-state index is 13.6. The molecule has 0 saturated carbocycles. The fourth-order valence-corrected chi connectivity index (χ4v) is 4.84. The van der Waals surface area contributed by atoms with E-state index in [0.717, 1.165) is 21.0 Å². The molecule has 3 aromatic rings. The molecule has 3 rings (SSSR count). The smallest absolute Gasteiger partial charge is 0.264 e. The van der Waals surface area contributed by atoms with Crippen LogP contribution in [-0.4, -0.2) is 35.1 Å². The number of nitrogens with zero attached hydrogens (tertiary/aromatic N) is 1. The molecule has 0 heterocycles. The van der Waals surface area contributed by atoms with Crippen molar-refractivity contribution < 1.29 is 22.7 Å². The van der Waals surface area contributed by atoms with E-state index in [9.17, 15) is 13.2 Å². The first-order valence-electron chi connectivity index (χ1n) is 10.3. The molecule has 7 nitrogen and oxygen atoms in total. The lowest BCUT2D eigenvalue weighted by molar-refractivity contribution is -0.114. The second-order valence-electron chi connectivity index (χ2n) is 7.66. The van der Waals surface area contributed by atoms with Crippen LogP contribution in [0.4, 0.5) is 11.4 Å². The van der Waals surface area contributed by atoms with Gasteiger partial charge in [0.05, 0.1) is 30.5 Å². The maximum Gasteiger partial charge on any atom is 0.264 e. The van der Waals surface area contributed by atoms with Gasteiger partial charge in [-0.05, 0) is 62.2 Å². The Morgan fingerprint density at radius 1 is 0.939 bits per heavy atom. The van der Waals surface area contributed by atoms with Crippen molar-refractivity contribution in [3.05, 3.63) is 77.4 Å². The zero-order valence-corrected chi connectivity index (χ0v) is 20.2. The highest BCUT2D eigenvalue weighted by atomic mass is 32.2. The van der Waals surface area contributed by atoms with Crippen molar-refractivity contribution in [3.8, 4) is 11.5 Å². The van der Waals surface area contributed by atoms with E-state index in [1.165, 1.54) is 14.2 Å². The molecular formula is C25H28N2O5S. The number of benzene rings is 3. The predicted molar refractivity (Wildman–Crippen MR) is 130 cm³/mol. The van der Waals surface area contributed by atoms with Crippen LogP contribution in [0.15, 0.2) is 65.6 Å². The third-order valence-electron chi connectivity index (χ3n) is 5.42. The topological polar surface area (TPSA) is 84.9 Å². The predicted octanol–water partition coefficient (Wildman–Crippen LogP) is 4.46. The number of methoxy groups -OCH3 is 2. The average Bonchev–Trinajstić information content (AvgIpc) is 2.80. The van der Waals surface area contributed by atoms with E-state index in [1.54, 1.807) is 54.6 Å². The Hall–Kier alpha value is -3.52.